The predicted molar refractivity (Wildman–Crippen MR) is 112 cm³/mol. The number of nitrogens with one attached hydrogen (secondary N) is 1. The van der Waals surface area contributed by atoms with Crippen LogP contribution >= 0.6 is 11.6 Å². The van der Waals surface area contributed by atoms with Crippen LogP contribution in [0.4, 0.5) is 0 Å². The van der Waals surface area contributed by atoms with Crippen molar-refractivity contribution in [1.82, 2.24) is 15.1 Å². The molecule has 5 nitrogen and oxygen atoms in total. The fourth-order valence-corrected chi connectivity index (χ4v) is 3.55. The Kier molecular flexibility index (Phi) is 7.15. The lowest BCUT2D eigenvalue weighted by molar-refractivity contribution is -0.109. The van der Waals surface area contributed by atoms with Gasteiger partial charge in [-0.3, -0.25) is 9.48 Å². The average Bonchev–Trinajstić information content (AvgIpc) is 3.08. The Hall–Kier alpha value is -2.27. The summed E-state index contributed by atoms with van der Waals surface area (Å²) < 4.78 is 7.55. The van der Waals surface area contributed by atoms with Crippen molar-refractivity contribution >= 4 is 18.0 Å². The predicted octanol–water partition coefficient (Wildman–Crippen LogP) is 4.85. The van der Waals surface area contributed by atoms with Crippen molar-refractivity contribution in [2.75, 3.05) is 0 Å². The van der Waals surface area contributed by atoms with E-state index >= 15 is 0 Å². The van der Waals surface area contributed by atoms with Gasteiger partial charge in [0.25, 0.3) is 0 Å². The summed E-state index contributed by atoms with van der Waals surface area (Å²) in [4.78, 5) is 10.2. The number of allylic oxidation sites excluding steroid dienone is 1. The molecule has 0 saturated heterocycles. The van der Waals surface area contributed by atoms with Gasteiger partial charge in [-0.15, -0.1) is 0 Å². The van der Waals surface area contributed by atoms with Gasteiger partial charge in [-0.1, -0.05) is 24.6 Å². The van der Waals surface area contributed by atoms with Gasteiger partial charge in [0.05, 0.1) is 12.3 Å². The number of benzene rings is 1. The Balaban J connectivity index is 0.000000167. The van der Waals surface area contributed by atoms with Crippen molar-refractivity contribution in [3.05, 3.63) is 59.0 Å². The Bertz CT molecular complexity index is 814. The second-order valence-corrected chi connectivity index (χ2v) is 7.94. The summed E-state index contributed by atoms with van der Waals surface area (Å²) in [5.41, 5.74) is 3.32. The van der Waals surface area contributed by atoms with Crippen LogP contribution in [0.15, 0.2) is 42.9 Å². The van der Waals surface area contributed by atoms with E-state index < -0.39 is 0 Å². The van der Waals surface area contributed by atoms with E-state index in [-0.39, 0.29) is 0 Å². The number of ether oxygens (including phenoxy) is 1. The quantitative estimate of drug-likeness (QED) is 0.703. The van der Waals surface area contributed by atoms with Crippen LogP contribution in [0.2, 0.25) is 5.02 Å². The molecule has 2 aliphatic rings. The molecule has 28 heavy (non-hydrogen) atoms. The SMILES string of the molecule is C=C(CCn1cc(C2CCC2)cn1)NC=O.CC1CCc2cc(Cl)ccc2O1. The summed E-state index contributed by atoms with van der Waals surface area (Å²) in [5, 5.41) is 7.66. The van der Waals surface area contributed by atoms with Gasteiger partial charge in [0.2, 0.25) is 6.41 Å². The molecule has 0 radical (unpaired) electrons. The average molecular weight is 402 g/mol. The van der Waals surface area contributed by atoms with E-state index in [4.69, 9.17) is 16.3 Å². The third-order valence-electron chi connectivity index (χ3n) is 5.31. The lowest BCUT2D eigenvalue weighted by Crippen LogP contribution is -2.18. The summed E-state index contributed by atoms with van der Waals surface area (Å²) in [6.45, 7) is 6.61. The van der Waals surface area contributed by atoms with Crippen molar-refractivity contribution in [3.8, 4) is 5.75 Å². The van der Waals surface area contributed by atoms with Gasteiger partial charge in [-0.05, 0) is 67.9 Å². The Labute approximate surface area is 171 Å². The zero-order chi connectivity index (χ0) is 19.9. The van der Waals surface area contributed by atoms with Crippen LogP contribution in [0.1, 0.15) is 56.1 Å². The van der Waals surface area contributed by atoms with E-state index in [1.807, 2.05) is 29.1 Å². The molecule has 1 N–H and O–H groups in total. The molecule has 1 amide bonds. The maximum atomic E-state index is 10.2. The fourth-order valence-electron chi connectivity index (χ4n) is 3.35. The third kappa shape index (κ3) is 5.61. The number of nitrogens with zero attached hydrogens (tertiary/aromatic N) is 2. The number of hydrogen-bond acceptors (Lipinski definition) is 3. The number of fused-ring (bicyclic) bond motifs is 1. The maximum Gasteiger partial charge on any atom is 0.211 e. The summed E-state index contributed by atoms with van der Waals surface area (Å²) >= 11 is 5.86. The molecule has 1 unspecified atom stereocenters. The molecule has 150 valence electrons. The molecule has 1 aliphatic carbocycles. The number of hydrogen-bond donors (Lipinski definition) is 1. The first-order valence-corrected chi connectivity index (χ1v) is 10.3. The van der Waals surface area contributed by atoms with E-state index in [1.165, 1.54) is 30.4 Å². The molecular formula is C22H28ClN3O2. The zero-order valence-electron chi connectivity index (χ0n) is 16.4. The number of rotatable bonds is 6. The van der Waals surface area contributed by atoms with E-state index in [9.17, 15) is 4.79 Å². The monoisotopic (exact) mass is 401 g/mol. The van der Waals surface area contributed by atoms with E-state index in [1.54, 1.807) is 0 Å². The highest BCUT2D eigenvalue weighted by atomic mass is 35.5. The van der Waals surface area contributed by atoms with Crippen molar-refractivity contribution in [2.24, 2.45) is 0 Å². The Morgan fingerprint density at radius 2 is 2.25 bits per heavy atom. The number of amides is 1. The molecule has 1 atom stereocenters. The van der Waals surface area contributed by atoms with Gasteiger partial charge in [0, 0.05) is 29.9 Å². The Morgan fingerprint density at radius 3 is 2.96 bits per heavy atom. The van der Waals surface area contributed by atoms with Gasteiger partial charge < -0.3 is 10.1 Å². The van der Waals surface area contributed by atoms with Gasteiger partial charge in [-0.2, -0.15) is 5.10 Å². The maximum absolute atomic E-state index is 10.2. The largest absolute Gasteiger partial charge is 0.490 e. The highest BCUT2D eigenvalue weighted by Crippen LogP contribution is 2.35. The molecule has 4 rings (SSSR count). The molecule has 2 heterocycles. The minimum absolute atomic E-state index is 0.346. The van der Waals surface area contributed by atoms with Crippen LogP contribution in [-0.2, 0) is 17.8 Å². The van der Waals surface area contributed by atoms with Crippen molar-refractivity contribution < 1.29 is 9.53 Å². The van der Waals surface area contributed by atoms with Gasteiger partial charge >= 0.3 is 0 Å². The van der Waals surface area contributed by atoms with Crippen LogP contribution in [-0.4, -0.2) is 22.3 Å². The minimum atomic E-state index is 0.346. The first-order valence-electron chi connectivity index (χ1n) is 9.90. The summed E-state index contributed by atoms with van der Waals surface area (Å²) in [5.74, 6) is 1.73. The highest BCUT2D eigenvalue weighted by Gasteiger charge is 2.20. The second kappa shape index (κ2) is 9.78. The van der Waals surface area contributed by atoms with Crippen LogP contribution in [0.5, 0.6) is 5.75 Å². The van der Waals surface area contributed by atoms with Gasteiger partial charge in [-0.25, -0.2) is 0 Å². The fraction of sp³-hybridized carbons (Fsp3) is 0.455. The number of carbonyl (C=O) groups excluding carboxylic acids is 1. The standard InChI is InChI=1S/C12H17N3O.C10H11ClO/c1-10(13-9-16)5-6-15-8-12(7-14-15)11-3-2-4-11;1-7-2-3-8-6-9(11)4-5-10(8)12-7/h7-9,11H,1-6H2,(H,13,16);4-7H,2-3H2,1H3. The number of aromatic nitrogens is 2. The molecule has 1 aliphatic heterocycles. The third-order valence-corrected chi connectivity index (χ3v) is 5.54. The van der Waals surface area contributed by atoms with Crippen LogP contribution in [0.25, 0.3) is 0 Å². The number of halogens is 1. The lowest BCUT2D eigenvalue weighted by Gasteiger charge is -2.23. The van der Waals surface area contributed by atoms with E-state index in [0.717, 1.165) is 48.2 Å². The first kappa shape index (κ1) is 20.5. The van der Waals surface area contributed by atoms with Crippen molar-refractivity contribution in [2.45, 2.75) is 64.0 Å². The first-order chi connectivity index (χ1) is 13.5. The van der Waals surface area contributed by atoms with E-state index in [0.29, 0.717) is 12.5 Å². The molecule has 1 fully saturated rings. The molecule has 1 aromatic carbocycles. The summed E-state index contributed by atoms with van der Waals surface area (Å²) in [7, 11) is 0. The topological polar surface area (TPSA) is 56.2 Å². The molecule has 0 spiro atoms. The normalized spacial score (nSPS) is 18.0. The number of aryl methyl sites for hydroxylation is 2. The second-order valence-electron chi connectivity index (χ2n) is 7.50. The van der Waals surface area contributed by atoms with Gasteiger partial charge in [0.1, 0.15) is 5.75 Å². The van der Waals surface area contributed by atoms with Crippen LogP contribution < -0.4 is 10.1 Å². The minimum Gasteiger partial charge on any atom is -0.490 e. The van der Waals surface area contributed by atoms with E-state index in [2.05, 4.69) is 30.1 Å². The molecule has 0 bridgehead atoms. The van der Waals surface area contributed by atoms with Crippen molar-refractivity contribution in [1.29, 1.82) is 0 Å². The lowest BCUT2D eigenvalue weighted by atomic mass is 9.81. The van der Waals surface area contributed by atoms with Crippen molar-refractivity contribution in [3.63, 3.8) is 0 Å². The summed E-state index contributed by atoms with van der Waals surface area (Å²) in [6.07, 6.45) is 11.9. The molecule has 1 saturated carbocycles. The molecular weight excluding hydrogens is 374 g/mol. The number of carbonyl (C=O) groups is 1. The molecule has 2 aromatic rings. The molecule has 1 aromatic heterocycles. The zero-order valence-corrected chi connectivity index (χ0v) is 17.1. The van der Waals surface area contributed by atoms with Crippen LogP contribution in [0.3, 0.4) is 0 Å². The van der Waals surface area contributed by atoms with Crippen LogP contribution in [0, 0.1) is 0 Å². The Morgan fingerprint density at radius 1 is 1.43 bits per heavy atom. The molecule has 6 heteroatoms. The highest BCUT2D eigenvalue weighted by molar-refractivity contribution is 6.30. The van der Waals surface area contributed by atoms with Gasteiger partial charge in [0.15, 0.2) is 0 Å². The smallest absolute Gasteiger partial charge is 0.211 e. The summed E-state index contributed by atoms with van der Waals surface area (Å²) in [6, 6.07) is 5.81.